The van der Waals surface area contributed by atoms with Crippen LogP contribution in [0.5, 0.6) is 0 Å². The predicted molar refractivity (Wildman–Crippen MR) is 72.4 cm³/mol. The fraction of sp³-hybridized carbons (Fsp3) is 0.833. The molecule has 1 amide bonds. The van der Waals surface area contributed by atoms with Crippen molar-refractivity contribution in [2.24, 2.45) is 4.99 Å². The van der Waals surface area contributed by atoms with Crippen LogP contribution in [0.15, 0.2) is 4.99 Å². The van der Waals surface area contributed by atoms with Crippen LogP contribution in [0.25, 0.3) is 0 Å². The summed E-state index contributed by atoms with van der Waals surface area (Å²) in [6, 6.07) is 0.469. The molecule has 2 heterocycles. The number of hydrogen-bond donors (Lipinski definition) is 1. The van der Waals surface area contributed by atoms with Crippen molar-refractivity contribution >= 4 is 22.8 Å². The molecule has 1 unspecified atom stereocenters. The second-order valence-corrected chi connectivity index (χ2v) is 5.95. The first-order chi connectivity index (χ1) is 8.18. The molecule has 1 atom stereocenters. The molecule has 0 bridgehead atoms. The van der Waals surface area contributed by atoms with E-state index in [-0.39, 0.29) is 11.9 Å². The Labute approximate surface area is 107 Å². The van der Waals surface area contributed by atoms with Gasteiger partial charge in [-0.25, -0.2) is 0 Å². The average Bonchev–Trinajstić information content (AvgIpc) is 2.81. The highest BCUT2D eigenvalue weighted by Gasteiger charge is 2.30. The van der Waals surface area contributed by atoms with Gasteiger partial charge >= 0.3 is 0 Å². The van der Waals surface area contributed by atoms with Crippen LogP contribution in [0.4, 0.5) is 0 Å². The summed E-state index contributed by atoms with van der Waals surface area (Å²) in [5.41, 5.74) is 0. The summed E-state index contributed by atoms with van der Waals surface area (Å²) in [5.74, 6) is 1.13. The van der Waals surface area contributed by atoms with Gasteiger partial charge in [0.1, 0.15) is 0 Å². The third-order valence-corrected chi connectivity index (χ3v) is 4.22. The summed E-state index contributed by atoms with van der Waals surface area (Å²) in [4.78, 5) is 18.8. The quantitative estimate of drug-likeness (QED) is 0.812. The van der Waals surface area contributed by atoms with E-state index >= 15 is 0 Å². The summed E-state index contributed by atoms with van der Waals surface area (Å²) in [6.07, 6.45) is 3.33. The maximum absolute atomic E-state index is 12.2. The van der Waals surface area contributed by atoms with Crippen molar-refractivity contribution in [3.05, 3.63) is 0 Å². The second-order valence-electron chi connectivity index (χ2n) is 4.87. The number of nitrogens with one attached hydrogen (secondary N) is 1. The number of amidine groups is 1. The van der Waals surface area contributed by atoms with Crippen LogP contribution in [-0.2, 0) is 4.79 Å². The van der Waals surface area contributed by atoms with Crippen LogP contribution in [0.1, 0.15) is 33.1 Å². The van der Waals surface area contributed by atoms with Crippen LogP contribution >= 0.6 is 11.8 Å². The fourth-order valence-electron chi connectivity index (χ4n) is 2.45. The van der Waals surface area contributed by atoms with Crippen molar-refractivity contribution in [1.29, 1.82) is 0 Å². The van der Waals surface area contributed by atoms with Gasteiger partial charge in [-0.05, 0) is 33.2 Å². The lowest BCUT2D eigenvalue weighted by Gasteiger charge is -2.37. The number of nitrogens with zero attached hydrogens (tertiary/aromatic N) is 2. The van der Waals surface area contributed by atoms with Gasteiger partial charge in [-0.3, -0.25) is 14.7 Å². The monoisotopic (exact) mass is 255 g/mol. The van der Waals surface area contributed by atoms with Gasteiger partial charge in [0.2, 0.25) is 5.91 Å². The molecule has 0 radical (unpaired) electrons. The SMILES string of the molecule is CC(C)N1CCCCC1C(=O)NC1=NCCS1. The zero-order valence-electron chi connectivity index (χ0n) is 10.6. The maximum atomic E-state index is 12.2. The summed E-state index contributed by atoms with van der Waals surface area (Å²) in [5, 5.41) is 3.78. The van der Waals surface area contributed by atoms with Crippen LogP contribution < -0.4 is 5.32 Å². The average molecular weight is 255 g/mol. The van der Waals surface area contributed by atoms with Crippen LogP contribution in [0.2, 0.25) is 0 Å². The third kappa shape index (κ3) is 3.22. The number of aliphatic imine (C=N–C) groups is 1. The molecule has 4 nitrogen and oxygen atoms in total. The largest absolute Gasteiger partial charge is 0.304 e. The molecule has 1 saturated heterocycles. The molecule has 0 saturated carbocycles. The number of likely N-dealkylation sites (tertiary alicyclic amines) is 1. The van der Waals surface area contributed by atoms with Gasteiger partial charge in [0, 0.05) is 11.8 Å². The van der Waals surface area contributed by atoms with Gasteiger partial charge in [0.05, 0.1) is 12.6 Å². The van der Waals surface area contributed by atoms with E-state index in [2.05, 4.69) is 29.1 Å². The lowest BCUT2D eigenvalue weighted by molar-refractivity contribution is -0.126. The molecule has 0 aromatic rings. The first-order valence-electron chi connectivity index (χ1n) is 6.42. The molecule has 1 N–H and O–H groups in total. The van der Waals surface area contributed by atoms with E-state index in [0.717, 1.165) is 36.9 Å². The summed E-state index contributed by atoms with van der Waals surface area (Å²) >= 11 is 1.64. The molecule has 96 valence electrons. The van der Waals surface area contributed by atoms with E-state index in [1.165, 1.54) is 6.42 Å². The molecular formula is C12H21N3OS. The van der Waals surface area contributed by atoms with E-state index in [0.29, 0.717) is 6.04 Å². The minimum Gasteiger partial charge on any atom is -0.304 e. The Bertz CT molecular complexity index is 317. The van der Waals surface area contributed by atoms with Gasteiger partial charge in [0.15, 0.2) is 5.17 Å². The standard InChI is InChI=1S/C12H21N3OS/c1-9(2)15-7-4-3-5-10(15)11(16)14-12-13-6-8-17-12/h9-10H,3-8H2,1-2H3,(H,13,14,16). The Morgan fingerprint density at radius 2 is 2.35 bits per heavy atom. The normalized spacial score (nSPS) is 26.1. The van der Waals surface area contributed by atoms with Crippen molar-refractivity contribution < 1.29 is 4.79 Å². The van der Waals surface area contributed by atoms with E-state index in [1.54, 1.807) is 11.8 Å². The van der Waals surface area contributed by atoms with Gasteiger partial charge in [0.25, 0.3) is 0 Å². The highest BCUT2D eigenvalue weighted by Crippen LogP contribution is 2.20. The first-order valence-corrected chi connectivity index (χ1v) is 7.41. The number of rotatable bonds is 2. The Morgan fingerprint density at radius 1 is 1.53 bits per heavy atom. The summed E-state index contributed by atoms with van der Waals surface area (Å²) in [7, 11) is 0. The topological polar surface area (TPSA) is 44.7 Å². The molecule has 2 aliphatic rings. The van der Waals surface area contributed by atoms with Crippen LogP contribution in [0, 0.1) is 0 Å². The zero-order chi connectivity index (χ0) is 12.3. The minimum atomic E-state index is 0.0349. The van der Waals surface area contributed by atoms with Gasteiger partial charge in [-0.2, -0.15) is 0 Å². The number of thioether (sulfide) groups is 1. The Morgan fingerprint density at radius 3 is 3.00 bits per heavy atom. The van der Waals surface area contributed by atoms with Crippen molar-refractivity contribution in [3.63, 3.8) is 0 Å². The van der Waals surface area contributed by atoms with E-state index in [4.69, 9.17) is 0 Å². The van der Waals surface area contributed by atoms with Crippen molar-refractivity contribution in [3.8, 4) is 0 Å². The maximum Gasteiger partial charge on any atom is 0.243 e. The molecule has 2 rings (SSSR count). The Hall–Kier alpha value is -0.550. The predicted octanol–water partition coefficient (Wildman–Crippen LogP) is 1.47. The number of piperidine rings is 1. The third-order valence-electron chi connectivity index (χ3n) is 3.33. The van der Waals surface area contributed by atoms with Gasteiger partial charge in [-0.1, -0.05) is 18.2 Å². The van der Waals surface area contributed by atoms with Gasteiger partial charge < -0.3 is 5.32 Å². The molecule has 17 heavy (non-hydrogen) atoms. The summed E-state index contributed by atoms with van der Waals surface area (Å²) < 4.78 is 0. The molecular weight excluding hydrogens is 234 g/mol. The van der Waals surface area contributed by atoms with Crippen LogP contribution in [-0.4, -0.2) is 46.9 Å². The second kappa shape index (κ2) is 5.87. The van der Waals surface area contributed by atoms with Crippen LogP contribution in [0.3, 0.4) is 0 Å². The molecule has 0 aromatic carbocycles. The molecule has 0 aromatic heterocycles. The lowest BCUT2D eigenvalue weighted by atomic mass is 10.00. The highest BCUT2D eigenvalue weighted by molar-refractivity contribution is 8.14. The lowest BCUT2D eigenvalue weighted by Crippen LogP contribution is -2.52. The number of carbonyl (C=O) groups is 1. The summed E-state index contributed by atoms with van der Waals surface area (Å²) in [6.45, 7) is 6.19. The Kier molecular flexibility index (Phi) is 4.45. The number of hydrogen-bond acceptors (Lipinski definition) is 4. The van der Waals surface area contributed by atoms with E-state index in [9.17, 15) is 4.79 Å². The van der Waals surface area contributed by atoms with Crippen molar-refractivity contribution in [1.82, 2.24) is 10.2 Å². The zero-order valence-corrected chi connectivity index (χ0v) is 11.4. The minimum absolute atomic E-state index is 0.0349. The molecule has 1 fully saturated rings. The highest BCUT2D eigenvalue weighted by atomic mass is 32.2. The first kappa shape index (κ1) is 12.9. The molecule has 5 heteroatoms. The molecule has 0 spiro atoms. The van der Waals surface area contributed by atoms with E-state index < -0.39 is 0 Å². The van der Waals surface area contributed by atoms with Gasteiger partial charge in [-0.15, -0.1) is 0 Å². The smallest absolute Gasteiger partial charge is 0.243 e. The van der Waals surface area contributed by atoms with Crippen molar-refractivity contribution in [2.75, 3.05) is 18.8 Å². The fourth-order valence-corrected chi connectivity index (χ4v) is 3.18. The number of amides is 1. The number of carbonyl (C=O) groups excluding carboxylic acids is 1. The van der Waals surface area contributed by atoms with Crippen molar-refractivity contribution in [2.45, 2.75) is 45.2 Å². The molecule has 2 aliphatic heterocycles. The molecule has 0 aliphatic carbocycles. The Balaban J connectivity index is 1.95. The van der Waals surface area contributed by atoms with E-state index in [1.807, 2.05) is 0 Å².